The third kappa shape index (κ3) is 4.06. The van der Waals surface area contributed by atoms with Gasteiger partial charge in [-0.3, -0.25) is 4.79 Å². The predicted octanol–water partition coefficient (Wildman–Crippen LogP) is 4.04. The van der Waals surface area contributed by atoms with Crippen LogP contribution in [0.25, 0.3) is 0 Å². The topological polar surface area (TPSA) is 52.3 Å². The highest BCUT2D eigenvalue weighted by atomic mass is 32.1. The van der Waals surface area contributed by atoms with Crippen molar-refractivity contribution in [2.24, 2.45) is 11.1 Å². The molecule has 1 aliphatic rings. The molecule has 3 nitrogen and oxygen atoms in total. The van der Waals surface area contributed by atoms with E-state index in [2.05, 4.69) is 11.4 Å². The van der Waals surface area contributed by atoms with E-state index in [1.54, 1.807) is 11.3 Å². The predicted molar refractivity (Wildman–Crippen MR) is 82.6 cm³/mol. The van der Waals surface area contributed by atoms with Crippen LogP contribution >= 0.6 is 11.3 Å². The number of thiophene rings is 1. The Morgan fingerprint density at radius 3 is 2.80 bits per heavy atom. The third-order valence-electron chi connectivity index (χ3n) is 4.30. The largest absolute Gasteiger partial charge is 0.466 e. The molecule has 1 unspecified atom stereocenters. The molecule has 0 radical (unpaired) electrons. The molecular formula is C16H25NO2S. The van der Waals surface area contributed by atoms with Gasteiger partial charge in [0.15, 0.2) is 0 Å². The average Bonchev–Trinajstić information content (AvgIpc) is 2.93. The smallest absolute Gasteiger partial charge is 0.306 e. The van der Waals surface area contributed by atoms with Gasteiger partial charge in [-0.05, 0) is 43.0 Å². The fraction of sp³-hybridized carbons (Fsp3) is 0.688. The van der Waals surface area contributed by atoms with Crippen molar-refractivity contribution < 1.29 is 9.53 Å². The highest BCUT2D eigenvalue weighted by Crippen LogP contribution is 2.45. The van der Waals surface area contributed by atoms with Crippen LogP contribution in [0.1, 0.15) is 62.8 Å². The van der Waals surface area contributed by atoms with Crippen molar-refractivity contribution in [2.75, 3.05) is 6.61 Å². The lowest BCUT2D eigenvalue weighted by molar-refractivity contribution is -0.146. The molecule has 0 aromatic carbocycles. The molecule has 0 amide bonds. The molecule has 2 N–H and O–H groups in total. The minimum Gasteiger partial charge on any atom is -0.466 e. The fourth-order valence-corrected chi connectivity index (χ4v) is 4.07. The van der Waals surface area contributed by atoms with Gasteiger partial charge in [0.05, 0.1) is 13.0 Å². The van der Waals surface area contributed by atoms with Gasteiger partial charge in [0.25, 0.3) is 0 Å². The quantitative estimate of drug-likeness (QED) is 0.806. The van der Waals surface area contributed by atoms with Crippen LogP contribution < -0.4 is 5.73 Å². The highest BCUT2D eigenvalue weighted by molar-refractivity contribution is 7.10. The van der Waals surface area contributed by atoms with E-state index in [1.165, 1.54) is 24.1 Å². The zero-order valence-corrected chi connectivity index (χ0v) is 13.1. The van der Waals surface area contributed by atoms with Crippen molar-refractivity contribution >= 4 is 17.3 Å². The van der Waals surface area contributed by atoms with Crippen molar-refractivity contribution in [3.63, 3.8) is 0 Å². The molecular weight excluding hydrogens is 270 g/mol. The van der Waals surface area contributed by atoms with Gasteiger partial charge in [-0.2, -0.15) is 0 Å². The van der Waals surface area contributed by atoms with E-state index in [-0.39, 0.29) is 17.4 Å². The fourth-order valence-electron chi connectivity index (χ4n) is 3.34. The van der Waals surface area contributed by atoms with Crippen LogP contribution in [-0.4, -0.2) is 12.6 Å². The van der Waals surface area contributed by atoms with Gasteiger partial charge in [-0.25, -0.2) is 0 Å². The molecule has 1 saturated carbocycles. The molecule has 4 heteroatoms. The van der Waals surface area contributed by atoms with Crippen LogP contribution in [0.5, 0.6) is 0 Å². The zero-order chi connectivity index (χ0) is 14.4. The second kappa shape index (κ2) is 7.23. The molecule has 20 heavy (non-hydrogen) atoms. The molecule has 1 fully saturated rings. The number of carbonyl (C=O) groups excluding carboxylic acids is 1. The Morgan fingerprint density at radius 1 is 1.45 bits per heavy atom. The van der Waals surface area contributed by atoms with Crippen molar-refractivity contribution in [2.45, 2.75) is 57.9 Å². The average molecular weight is 295 g/mol. The van der Waals surface area contributed by atoms with E-state index in [0.29, 0.717) is 13.0 Å². The maximum Gasteiger partial charge on any atom is 0.306 e. The molecule has 112 valence electrons. The maximum atomic E-state index is 11.9. The van der Waals surface area contributed by atoms with Crippen molar-refractivity contribution in [1.29, 1.82) is 0 Å². The van der Waals surface area contributed by atoms with E-state index in [1.807, 2.05) is 13.0 Å². The second-order valence-electron chi connectivity index (χ2n) is 5.87. The van der Waals surface area contributed by atoms with Crippen molar-refractivity contribution in [1.82, 2.24) is 0 Å². The number of esters is 1. The number of hydrogen-bond donors (Lipinski definition) is 1. The summed E-state index contributed by atoms with van der Waals surface area (Å²) in [7, 11) is 0. The zero-order valence-electron chi connectivity index (χ0n) is 12.3. The molecule has 1 heterocycles. The van der Waals surface area contributed by atoms with Gasteiger partial charge in [-0.1, -0.05) is 25.3 Å². The Bertz CT molecular complexity index is 410. The van der Waals surface area contributed by atoms with Crippen LogP contribution in [-0.2, 0) is 9.53 Å². The molecule has 0 spiro atoms. The summed E-state index contributed by atoms with van der Waals surface area (Å²) in [5.74, 6) is -0.0622. The lowest BCUT2D eigenvalue weighted by atomic mass is 9.68. The molecule has 1 aromatic heterocycles. The van der Waals surface area contributed by atoms with Crippen molar-refractivity contribution in [3.8, 4) is 0 Å². The van der Waals surface area contributed by atoms with Gasteiger partial charge >= 0.3 is 5.97 Å². The highest BCUT2D eigenvalue weighted by Gasteiger charge is 2.36. The number of ether oxygens (including phenoxy) is 1. The molecule has 1 aliphatic carbocycles. The molecule has 0 bridgehead atoms. The van der Waals surface area contributed by atoms with Crippen LogP contribution in [0.2, 0.25) is 0 Å². The molecule has 0 aliphatic heterocycles. The molecule has 1 aromatic rings. The number of rotatable bonds is 6. The van der Waals surface area contributed by atoms with Crippen molar-refractivity contribution in [3.05, 3.63) is 22.4 Å². The molecule has 1 atom stereocenters. The summed E-state index contributed by atoms with van der Waals surface area (Å²) in [5.41, 5.74) is 6.41. The normalized spacial score (nSPS) is 19.5. The number of hydrogen-bond acceptors (Lipinski definition) is 4. The second-order valence-corrected chi connectivity index (χ2v) is 6.85. The van der Waals surface area contributed by atoms with Gasteiger partial charge < -0.3 is 10.5 Å². The molecule has 2 rings (SSSR count). The van der Waals surface area contributed by atoms with E-state index < -0.39 is 0 Å². The standard InChI is InChI=1S/C16H25NO2S/c1-2-19-15(18)12-16(8-4-3-5-9-16)11-13(17)14-7-6-10-20-14/h6-7,10,13H,2-5,8-9,11-12,17H2,1H3. The van der Waals surface area contributed by atoms with Gasteiger partial charge in [0.1, 0.15) is 0 Å². The van der Waals surface area contributed by atoms with E-state index in [4.69, 9.17) is 10.5 Å². The summed E-state index contributed by atoms with van der Waals surface area (Å²) >= 11 is 1.71. The Kier molecular flexibility index (Phi) is 5.61. The van der Waals surface area contributed by atoms with Crippen LogP contribution in [0.15, 0.2) is 17.5 Å². The first-order chi connectivity index (χ1) is 9.65. The summed E-state index contributed by atoms with van der Waals surface area (Å²) < 4.78 is 5.16. The first kappa shape index (κ1) is 15.5. The Balaban J connectivity index is 2.04. The monoisotopic (exact) mass is 295 g/mol. The van der Waals surface area contributed by atoms with Gasteiger partial charge in [0, 0.05) is 10.9 Å². The third-order valence-corrected chi connectivity index (χ3v) is 5.30. The summed E-state index contributed by atoms with van der Waals surface area (Å²) in [6.07, 6.45) is 7.31. The lowest BCUT2D eigenvalue weighted by Crippen LogP contribution is -2.32. The summed E-state index contributed by atoms with van der Waals surface area (Å²) in [4.78, 5) is 13.1. The van der Waals surface area contributed by atoms with E-state index in [9.17, 15) is 4.79 Å². The summed E-state index contributed by atoms with van der Waals surface area (Å²) in [6, 6.07) is 4.18. The van der Waals surface area contributed by atoms with Crippen LogP contribution in [0.3, 0.4) is 0 Å². The first-order valence-corrected chi connectivity index (χ1v) is 8.48. The Hall–Kier alpha value is -0.870. The van der Waals surface area contributed by atoms with Crippen LogP contribution in [0, 0.1) is 5.41 Å². The number of carbonyl (C=O) groups is 1. The maximum absolute atomic E-state index is 11.9. The Labute approximate surface area is 125 Å². The number of nitrogens with two attached hydrogens (primary N) is 1. The SMILES string of the molecule is CCOC(=O)CC1(CC(N)c2cccs2)CCCCC1. The summed E-state index contributed by atoms with van der Waals surface area (Å²) in [5, 5.41) is 2.06. The van der Waals surface area contributed by atoms with Gasteiger partial charge in [0.2, 0.25) is 0 Å². The molecule has 0 saturated heterocycles. The first-order valence-electron chi connectivity index (χ1n) is 7.60. The van der Waals surface area contributed by atoms with E-state index in [0.717, 1.165) is 19.3 Å². The minimum atomic E-state index is -0.0622. The van der Waals surface area contributed by atoms with Gasteiger partial charge in [-0.15, -0.1) is 11.3 Å². The lowest BCUT2D eigenvalue weighted by Gasteiger charge is -2.38. The Morgan fingerprint density at radius 2 is 2.20 bits per heavy atom. The van der Waals surface area contributed by atoms with E-state index >= 15 is 0 Å². The minimum absolute atomic E-state index is 0.0440. The van der Waals surface area contributed by atoms with Crippen LogP contribution in [0.4, 0.5) is 0 Å². The summed E-state index contributed by atoms with van der Waals surface area (Å²) in [6.45, 7) is 2.33.